The number of nitrogens with zero attached hydrogens (tertiary/aromatic N) is 4. The van der Waals surface area contributed by atoms with Gasteiger partial charge in [0, 0.05) is 24.6 Å². The number of hydrogen-bond donors (Lipinski definition) is 2. The van der Waals surface area contributed by atoms with E-state index >= 15 is 0 Å². The Labute approximate surface area is 110 Å². The molecular weight excluding hydrogens is 244 g/mol. The predicted molar refractivity (Wildman–Crippen MR) is 69.6 cm³/mol. The Bertz CT molecular complexity index is 562. The summed E-state index contributed by atoms with van der Waals surface area (Å²) in [6.45, 7) is 2.04. The van der Waals surface area contributed by atoms with E-state index in [0.29, 0.717) is 11.5 Å². The molecule has 0 saturated heterocycles. The molecule has 0 aromatic carbocycles. The smallest absolute Gasteiger partial charge is 0.251 e. The van der Waals surface area contributed by atoms with Crippen LogP contribution in [0.2, 0.25) is 0 Å². The molecule has 0 spiro atoms. The molecule has 0 bridgehead atoms. The van der Waals surface area contributed by atoms with Crippen molar-refractivity contribution >= 4 is 5.91 Å². The fraction of sp³-hybridized carbons (Fsp3) is 0.333. The van der Waals surface area contributed by atoms with Crippen LogP contribution in [0.15, 0.2) is 24.8 Å². The molecule has 7 heteroatoms. The van der Waals surface area contributed by atoms with E-state index in [4.69, 9.17) is 11.5 Å². The SMILES string of the molecule is CCC(N)Cc1cnc(-n2cc(C(N)=O)cn2)nc1. The third-order valence-electron chi connectivity index (χ3n) is 2.79. The van der Waals surface area contributed by atoms with Gasteiger partial charge in [0.1, 0.15) is 0 Å². The Hall–Kier alpha value is -2.28. The molecule has 2 aromatic rings. The van der Waals surface area contributed by atoms with Crippen molar-refractivity contribution in [2.24, 2.45) is 11.5 Å². The summed E-state index contributed by atoms with van der Waals surface area (Å²) in [5.41, 5.74) is 12.3. The first-order valence-corrected chi connectivity index (χ1v) is 6.01. The molecular formula is C12H16N6O. The molecule has 7 nitrogen and oxygen atoms in total. The Morgan fingerprint density at radius 2 is 2.05 bits per heavy atom. The van der Waals surface area contributed by atoms with Gasteiger partial charge in [-0.3, -0.25) is 4.79 Å². The Balaban J connectivity index is 2.15. The van der Waals surface area contributed by atoms with Crippen molar-refractivity contribution in [1.29, 1.82) is 0 Å². The highest BCUT2D eigenvalue weighted by Gasteiger charge is 2.08. The van der Waals surface area contributed by atoms with Crippen LogP contribution in [-0.4, -0.2) is 31.7 Å². The number of amides is 1. The van der Waals surface area contributed by atoms with Crippen LogP contribution in [0.3, 0.4) is 0 Å². The van der Waals surface area contributed by atoms with E-state index in [2.05, 4.69) is 15.1 Å². The van der Waals surface area contributed by atoms with Gasteiger partial charge in [0.05, 0.1) is 11.8 Å². The molecule has 0 aliphatic heterocycles. The van der Waals surface area contributed by atoms with Crippen molar-refractivity contribution in [1.82, 2.24) is 19.7 Å². The van der Waals surface area contributed by atoms with E-state index in [0.717, 1.165) is 18.4 Å². The second-order valence-corrected chi connectivity index (χ2v) is 4.30. The maximum atomic E-state index is 11.0. The van der Waals surface area contributed by atoms with E-state index in [1.165, 1.54) is 17.1 Å². The summed E-state index contributed by atoms with van der Waals surface area (Å²) >= 11 is 0. The lowest BCUT2D eigenvalue weighted by Crippen LogP contribution is -2.21. The number of hydrogen-bond acceptors (Lipinski definition) is 5. The average Bonchev–Trinajstić information content (AvgIpc) is 2.89. The van der Waals surface area contributed by atoms with E-state index in [9.17, 15) is 4.79 Å². The van der Waals surface area contributed by atoms with Crippen molar-refractivity contribution in [3.8, 4) is 5.95 Å². The first-order valence-electron chi connectivity index (χ1n) is 6.01. The second kappa shape index (κ2) is 5.57. The van der Waals surface area contributed by atoms with Gasteiger partial charge in [-0.1, -0.05) is 6.92 Å². The molecule has 2 rings (SSSR count). The van der Waals surface area contributed by atoms with Gasteiger partial charge in [-0.05, 0) is 18.4 Å². The number of nitrogens with two attached hydrogens (primary N) is 2. The topological polar surface area (TPSA) is 113 Å². The Morgan fingerprint density at radius 1 is 1.37 bits per heavy atom. The molecule has 0 aliphatic carbocycles. The summed E-state index contributed by atoms with van der Waals surface area (Å²) < 4.78 is 1.41. The lowest BCUT2D eigenvalue weighted by atomic mass is 10.1. The van der Waals surface area contributed by atoms with Crippen LogP contribution in [0.4, 0.5) is 0 Å². The number of carbonyl (C=O) groups excluding carboxylic acids is 1. The molecule has 4 N–H and O–H groups in total. The molecule has 0 fully saturated rings. The van der Waals surface area contributed by atoms with Gasteiger partial charge in [0.15, 0.2) is 0 Å². The van der Waals surface area contributed by atoms with E-state index in [1.54, 1.807) is 12.4 Å². The minimum atomic E-state index is -0.531. The van der Waals surface area contributed by atoms with E-state index in [1.807, 2.05) is 6.92 Å². The number of aromatic nitrogens is 4. The van der Waals surface area contributed by atoms with Gasteiger partial charge in [0.2, 0.25) is 5.95 Å². The summed E-state index contributed by atoms with van der Waals surface area (Å²) in [5.74, 6) is -0.141. The van der Waals surface area contributed by atoms with Gasteiger partial charge in [-0.25, -0.2) is 14.6 Å². The Morgan fingerprint density at radius 3 is 2.58 bits per heavy atom. The van der Waals surface area contributed by atoms with Gasteiger partial charge in [-0.2, -0.15) is 5.10 Å². The van der Waals surface area contributed by atoms with E-state index < -0.39 is 5.91 Å². The molecule has 1 atom stereocenters. The lowest BCUT2D eigenvalue weighted by Gasteiger charge is -2.07. The highest BCUT2D eigenvalue weighted by atomic mass is 16.1. The lowest BCUT2D eigenvalue weighted by molar-refractivity contribution is 0.100. The van der Waals surface area contributed by atoms with Crippen molar-refractivity contribution < 1.29 is 4.79 Å². The van der Waals surface area contributed by atoms with Gasteiger partial charge in [0.25, 0.3) is 5.91 Å². The van der Waals surface area contributed by atoms with Gasteiger partial charge in [-0.15, -0.1) is 0 Å². The monoisotopic (exact) mass is 260 g/mol. The zero-order valence-corrected chi connectivity index (χ0v) is 10.7. The molecule has 19 heavy (non-hydrogen) atoms. The quantitative estimate of drug-likeness (QED) is 0.788. The first kappa shape index (κ1) is 13.2. The highest BCUT2D eigenvalue weighted by molar-refractivity contribution is 5.92. The molecule has 0 aliphatic rings. The molecule has 1 amide bonds. The minimum absolute atomic E-state index is 0.112. The summed E-state index contributed by atoms with van der Waals surface area (Å²) in [6, 6.07) is 0.112. The van der Waals surface area contributed by atoms with Crippen LogP contribution < -0.4 is 11.5 Å². The fourth-order valence-corrected chi connectivity index (χ4v) is 1.58. The summed E-state index contributed by atoms with van der Waals surface area (Å²) in [6.07, 6.45) is 7.94. The summed E-state index contributed by atoms with van der Waals surface area (Å²) in [4.78, 5) is 19.3. The number of primary amides is 1. The molecule has 2 aromatic heterocycles. The van der Waals surface area contributed by atoms with Crippen LogP contribution in [-0.2, 0) is 6.42 Å². The first-order chi connectivity index (χ1) is 9.10. The van der Waals surface area contributed by atoms with Crippen molar-refractivity contribution in [2.75, 3.05) is 0 Å². The van der Waals surface area contributed by atoms with Crippen LogP contribution in [0.25, 0.3) is 5.95 Å². The second-order valence-electron chi connectivity index (χ2n) is 4.30. The standard InChI is InChI=1S/C12H16N6O/c1-2-10(13)3-8-4-15-12(16-5-8)18-7-9(6-17-18)11(14)19/h4-7,10H,2-3,13H2,1H3,(H2,14,19). The third kappa shape index (κ3) is 3.14. The average molecular weight is 260 g/mol. The van der Waals surface area contributed by atoms with Crippen LogP contribution >= 0.6 is 0 Å². The highest BCUT2D eigenvalue weighted by Crippen LogP contribution is 2.05. The zero-order valence-electron chi connectivity index (χ0n) is 10.7. The van der Waals surface area contributed by atoms with Crippen molar-refractivity contribution in [3.05, 3.63) is 35.9 Å². The van der Waals surface area contributed by atoms with Crippen molar-refractivity contribution in [3.63, 3.8) is 0 Å². The summed E-state index contributed by atoms with van der Waals surface area (Å²) in [7, 11) is 0. The zero-order chi connectivity index (χ0) is 13.8. The Kier molecular flexibility index (Phi) is 3.86. The minimum Gasteiger partial charge on any atom is -0.366 e. The third-order valence-corrected chi connectivity index (χ3v) is 2.79. The van der Waals surface area contributed by atoms with Gasteiger partial charge >= 0.3 is 0 Å². The molecule has 1 unspecified atom stereocenters. The molecule has 2 heterocycles. The number of carbonyl (C=O) groups is 1. The molecule has 0 radical (unpaired) electrons. The van der Waals surface area contributed by atoms with Crippen molar-refractivity contribution in [2.45, 2.75) is 25.8 Å². The maximum absolute atomic E-state index is 11.0. The fourth-order valence-electron chi connectivity index (χ4n) is 1.58. The van der Waals surface area contributed by atoms with Gasteiger partial charge < -0.3 is 11.5 Å². The van der Waals surface area contributed by atoms with Crippen LogP contribution in [0, 0.1) is 0 Å². The largest absolute Gasteiger partial charge is 0.366 e. The summed E-state index contributed by atoms with van der Waals surface area (Å²) in [5, 5.41) is 3.98. The number of rotatable bonds is 5. The molecule has 0 saturated carbocycles. The normalized spacial score (nSPS) is 12.3. The van der Waals surface area contributed by atoms with E-state index in [-0.39, 0.29) is 6.04 Å². The van der Waals surface area contributed by atoms with Crippen LogP contribution in [0.1, 0.15) is 29.3 Å². The van der Waals surface area contributed by atoms with Crippen LogP contribution in [0.5, 0.6) is 0 Å². The predicted octanol–water partition coefficient (Wildman–Crippen LogP) is 0.0410. The maximum Gasteiger partial charge on any atom is 0.251 e. The molecule has 100 valence electrons.